The fraction of sp³-hybridized carbons (Fsp3) is 0.292. The fourth-order valence-electron chi connectivity index (χ4n) is 2.58. The number of benzene rings is 2. The molecule has 2 rings (SSSR count). The Labute approximate surface area is 172 Å². The molecule has 152 valence electrons. The number of ether oxygens (including phenoxy) is 2. The number of carbonyl (C=O) groups excluding carboxylic acids is 2. The molecule has 29 heavy (non-hydrogen) atoms. The van der Waals surface area contributed by atoms with Gasteiger partial charge in [0, 0.05) is 11.1 Å². The Bertz CT molecular complexity index is 852. The van der Waals surface area contributed by atoms with Crippen LogP contribution in [0, 0.1) is 5.92 Å². The highest BCUT2D eigenvalue weighted by Crippen LogP contribution is 2.18. The van der Waals surface area contributed by atoms with Gasteiger partial charge in [-0.3, -0.25) is 4.79 Å². The van der Waals surface area contributed by atoms with Gasteiger partial charge in [0.15, 0.2) is 0 Å². The van der Waals surface area contributed by atoms with Crippen molar-refractivity contribution in [2.75, 3.05) is 7.11 Å². The van der Waals surface area contributed by atoms with E-state index in [-0.39, 0.29) is 5.70 Å². The Morgan fingerprint density at radius 2 is 1.41 bits per heavy atom. The largest absolute Gasteiger partial charge is 0.469 e. The molecule has 0 saturated heterocycles. The van der Waals surface area contributed by atoms with Gasteiger partial charge in [-0.1, -0.05) is 60.7 Å². The second-order valence-corrected chi connectivity index (χ2v) is 7.56. The van der Waals surface area contributed by atoms with Crippen LogP contribution < -0.4 is 0 Å². The minimum atomic E-state index is -0.695. The van der Waals surface area contributed by atoms with Gasteiger partial charge in [-0.05, 0) is 33.8 Å². The van der Waals surface area contributed by atoms with Crippen LogP contribution in [0.4, 0.5) is 0 Å². The lowest BCUT2D eigenvalue weighted by Crippen LogP contribution is -2.25. The monoisotopic (exact) mass is 393 g/mol. The third kappa shape index (κ3) is 6.71. The van der Waals surface area contributed by atoms with Crippen LogP contribution in [0.5, 0.6) is 0 Å². The van der Waals surface area contributed by atoms with Gasteiger partial charge in [-0.25, -0.2) is 9.79 Å². The molecule has 1 unspecified atom stereocenters. The van der Waals surface area contributed by atoms with Gasteiger partial charge >= 0.3 is 11.9 Å². The van der Waals surface area contributed by atoms with E-state index in [1.807, 2.05) is 60.7 Å². The van der Waals surface area contributed by atoms with Crippen molar-refractivity contribution < 1.29 is 19.1 Å². The van der Waals surface area contributed by atoms with Crippen molar-refractivity contribution in [3.63, 3.8) is 0 Å². The molecule has 0 aliphatic heterocycles. The van der Waals surface area contributed by atoms with Crippen molar-refractivity contribution in [1.82, 2.24) is 0 Å². The molecule has 5 nitrogen and oxygen atoms in total. The summed E-state index contributed by atoms with van der Waals surface area (Å²) in [5.41, 5.74) is 1.67. The van der Waals surface area contributed by atoms with Crippen molar-refractivity contribution in [2.45, 2.75) is 33.3 Å². The van der Waals surface area contributed by atoms with Crippen molar-refractivity contribution in [3.8, 4) is 0 Å². The molecule has 0 fully saturated rings. The number of rotatable bonds is 6. The molecule has 2 aromatic carbocycles. The van der Waals surface area contributed by atoms with Gasteiger partial charge in [0.05, 0.1) is 18.7 Å². The molecule has 2 aromatic rings. The van der Waals surface area contributed by atoms with Crippen LogP contribution in [-0.4, -0.2) is 30.4 Å². The summed E-state index contributed by atoms with van der Waals surface area (Å²) in [6, 6.07) is 19.1. The molecular formula is C24H27NO4. The van der Waals surface area contributed by atoms with Gasteiger partial charge in [0.25, 0.3) is 0 Å². The fourth-order valence-corrected chi connectivity index (χ4v) is 2.58. The molecule has 0 aliphatic carbocycles. The van der Waals surface area contributed by atoms with Crippen LogP contribution >= 0.6 is 0 Å². The minimum Gasteiger partial charge on any atom is -0.469 e. The first kappa shape index (κ1) is 22.1. The first-order valence-corrected chi connectivity index (χ1v) is 9.44. The zero-order valence-corrected chi connectivity index (χ0v) is 17.5. The van der Waals surface area contributed by atoms with E-state index in [0.717, 1.165) is 11.1 Å². The zero-order chi connectivity index (χ0) is 21.4. The lowest BCUT2D eigenvalue weighted by atomic mass is 10.0. The molecule has 0 aromatic heterocycles. The SMILES string of the molecule is COC(=O)C(C)/C=C(/N=C(c1ccccc1)c1ccccc1)C(=O)OC(C)(C)C. The topological polar surface area (TPSA) is 65.0 Å². The number of aliphatic imine (C=N–C) groups is 1. The van der Waals surface area contributed by atoms with E-state index in [1.165, 1.54) is 13.2 Å². The smallest absolute Gasteiger partial charge is 0.357 e. The maximum atomic E-state index is 12.9. The highest BCUT2D eigenvalue weighted by Gasteiger charge is 2.23. The molecule has 0 N–H and O–H groups in total. The average Bonchev–Trinajstić information content (AvgIpc) is 2.70. The lowest BCUT2D eigenvalue weighted by molar-refractivity contribution is -0.149. The number of carbonyl (C=O) groups is 2. The number of hydrogen-bond donors (Lipinski definition) is 0. The van der Waals surface area contributed by atoms with Crippen molar-refractivity contribution in [1.29, 1.82) is 0 Å². The van der Waals surface area contributed by atoms with Gasteiger partial charge in [0.1, 0.15) is 11.3 Å². The molecule has 5 heteroatoms. The van der Waals surface area contributed by atoms with E-state index in [0.29, 0.717) is 5.71 Å². The third-order valence-electron chi connectivity index (χ3n) is 3.92. The summed E-state index contributed by atoms with van der Waals surface area (Å²) in [5.74, 6) is -1.71. The normalized spacial score (nSPS) is 12.7. The molecule has 0 bridgehead atoms. The van der Waals surface area contributed by atoms with Crippen LogP contribution in [0.3, 0.4) is 0 Å². The Hall–Kier alpha value is -3.21. The Kier molecular flexibility index (Phi) is 7.48. The molecule has 0 aliphatic rings. The van der Waals surface area contributed by atoms with Gasteiger partial charge in [-0.15, -0.1) is 0 Å². The first-order chi connectivity index (χ1) is 13.7. The highest BCUT2D eigenvalue weighted by atomic mass is 16.6. The molecule has 1 atom stereocenters. The quantitative estimate of drug-likeness (QED) is 0.410. The highest BCUT2D eigenvalue weighted by molar-refractivity contribution is 6.14. The Morgan fingerprint density at radius 3 is 1.83 bits per heavy atom. The van der Waals surface area contributed by atoms with Crippen LogP contribution in [0.25, 0.3) is 0 Å². The van der Waals surface area contributed by atoms with Crippen molar-refractivity contribution in [3.05, 3.63) is 83.6 Å². The van der Waals surface area contributed by atoms with Crippen LogP contribution in [0.15, 0.2) is 77.4 Å². The van der Waals surface area contributed by atoms with Crippen molar-refractivity contribution >= 4 is 17.7 Å². The second-order valence-electron chi connectivity index (χ2n) is 7.56. The first-order valence-electron chi connectivity index (χ1n) is 9.44. The summed E-state index contributed by atoms with van der Waals surface area (Å²) in [6.07, 6.45) is 1.48. The van der Waals surface area contributed by atoms with E-state index >= 15 is 0 Å². The van der Waals surface area contributed by atoms with Gasteiger partial charge < -0.3 is 9.47 Å². The summed E-state index contributed by atoms with van der Waals surface area (Å²) < 4.78 is 10.3. The number of esters is 2. The number of hydrogen-bond acceptors (Lipinski definition) is 5. The molecule has 0 radical (unpaired) electrons. The predicted octanol–water partition coefficient (Wildman–Crippen LogP) is 4.56. The molecule has 0 saturated carbocycles. The standard InChI is InChI=1S/C24H27NO4/c1-17(22(26)28-5)16-20(23(27)29-24(2,3)4)25-21(18-12-8-6-9-13-18)19-14-10-7-11-15-19/h6-17H,1-5H3/b20-16+. The van der Waals surface area contributed by atoms with Crippen LogP contribution in [-0.2, 0) is 19.1 Å². The summed E-state index contributed by atoms with van der Waals surface area (Å²) >= 11 is 0. The van der Waals surface area contributed by atoms with E-state index in [1.54, 1.807) is 27.7 Å². The van der Waals surface area contributed by atoms with E-state index in [2.05, 4.69) is 4.99 Å². The Morgan fingerprint density at radius 1 is 0.931 bits per heavy atom. The summed E-state index contributed by atoms with van der Waals surface area (Å²) in [4.78, 5) is 29.4. The van der Waals surface area contributed by atoms with E-state index in [4.69, 9.17) is 9.47 Å². The predicted molar refractivity (Wildman–Crippen MR) is 114 cm³/mol. The summed E-state index contributed by atoms with van der Waals surface area (Å²) in [6.45, 7) is 7.00. The molecule has 0 amide bonds. The summed E-state index contributed by atoms with van der Waals surface area (Å²) in [7, 11) is 1.31. The lowest BCUT2D eigenvalue weighted by Gasteiger charge is -2.20. The maximum Gasteiger partial charge on any atom is 0.357 e. The second kappa shape index (κ2) is 9.82. The number of nitrogens with zero attached hydrogens (tertiary/aromatic N) is 1. The van der Waals surface area contributed by atoms with Gasteiger partial charge in [-0.2, -0.15) is 0 Å². The van der Waals surface area contributed by atoms with Crippen LogP contribution in [0.2, 0.25) is 0 Å². The van der Waals surface area contributed by atoms with E-state index in [9.17, 15) is 9.59 Å². The summed E-state index contributed by atoms with van der Waals surface area (Å²) in [5, 5.41) is 0. The zero-order valence-electron chi connectivity index (χ0n) is 17.5. The van der Waals surface area contributed by atoms with E-state index < -0.39 is 23.5 Å². The van der Waals surface area contributed by atoms with Gasteiger partial charge in [0.2, 0.25) is 0 Å². The molecule has 0 heterocycles. The third-order valence-corrected chi connectivity index (χ3v) is 3.92. The average molecular weight is 393 g/mol. The van der Waals surface area contributed by atoms with Crippen LogP contribution in [0.1, 0.15) is 38.8 Å². The molecular weight excluding hydrogens is 366 g/mol. The molecule has 0 spiro atoms. The maximum absolute atomic E-state index is 12.9. The Balaban J connectivity index is 2.61. The van der Waals surface area contributed by atoms with Crippen molar-refractivity contribution in [2.24, 2.45) is 10.9 Å². The minimum absolute atomic E-state index is 0.0560. The number of methoxy groups -OCH3 is 1.